The summed E-state index contributed by atoms with van der Waals surface area (Å²) in [4.78, 5) is 2.41. The number of piperidine rings is 1. The molecule has 4 heteroatoms. The number of rotatable bonds is 6. The Hall–Kier alpha value is -0.0300. The molecule has 0 radical (unpaired) electrons. The van der Waals surface area contributed by atoms with Crippen molar-refractivity contribution in [1.82, 2.24) is 10.2 Å². The fraction of sp³-hybridized carbons (Fsp3) is 0.600. The SMILES string of the molecule is CN(CCSC1CCNCC1)Cc1ccc(Br)cc1. The van der Waals surface area contributed by atoms with E-state index in [0.29, 0.717) is 0 Å². The minimum absolute atomic E-state index is 0.877. The summed E-state index contributed by atoms with van der Waals surface area (Å²) in [5.41, 5.74) is 1.39. The van der Waals surface area contributed by atoms with Gasteiger partial charge in [-0.2, -0.15) is 11.8 Å². The molecule has 1 aromatic carbocycles. The molecule has 0 aromatic heterocycles. The molecule has 0 atom stereocenters. The standard InChI is InChI=1S/C15H23BrN2S/c1-18(12-13-2-4-14(16)5-3-13)10-11-19-15-6-8-17-9-7-15/h2-5,15,17H,6-12H2,1H3. The van der Waals surface area contributed by atoms with Crippen molar-refractivity contribution < 1.29 is 0 Å². The summed E-state index contributed by atoms with van der Waals surface area (Å²) in [5.74, 6) is 1.25. The monoisotopic (exact) mass is 342 g/mol. The number of thioether (sulfide) groups is 1. The van der Waals surface area contributed by atoms with E-state index in [9.17, 15) is 0 Å². The number of halogens is 1. The van der Waals surface area contributed by atoms with Gasteiger partial charge in [0.15, 0.2) is 0 Å². The molecule has 1 heterocycles. The molecule has 0 amide bonds. The van der Waals surface area contributed by atoms with Crippen LogP contribution in [0, 0.1) is 0 Å². The summed E-state index contributed by atoms with van der Waals surface area (Å²) < 4.78 is 1.15. The van der Waals surface area contributed by atoms with Gasteiger partial charge in [0.25, 0.3) is 0 Å². The van der Waals surface area contributed by atoms with E-state index in [2.05, 4.69) is 69.2 Å². The Morgan fingerprint density at radius 3 is 2.63 bits per heavy atom. The molecule has 2 nitrogen and oxygen atoms in total. The van der Waals surface area contributed by atoms with Crippen LogP contribution in [0.25, 0.3) is 0 Å². The summed E-state index contributed by atoms with van der Waals surface area (Å²) in [7, 11) is 2.21. The molecule has 1 saturated heterocycles. The second-order valence-corrected chi connectivity index (χ2v) is 7.51. The maximum absolute atomic E-state index is 3.48. The van der Waals surface area contributed by atoms with Crippen LogP contribution in [0.1, 0.15) is 18.4 Å². The van der Waals surface area contributed by atoms with E-state index in [1.807, 2.05) is 0 Å². The molecular formula is C15H23BrN2S. The van der Waals surface area contributed by atoms with Crippen LogP contribution in [-0.2, 0) is 6.54 Å². The van der Waals surface area contributed by atoms with Crippen molar-refractivity contribution in [2.45, 2.75) is 24.6 Å². The number of benzene rings is 1. The first kappa shape index (κ1) is 15.4. The van der Waals surface area contributed by atoms with E-state index in [4.69, 9.17) is 0 Å². The van der Waals surface area contributed by atoms with Crippen molar-refractivity contribution in [2.24, 2.45) is 0 Å². The van der Waals surface area contributed by atoms with Crippen LogP contribution in [0.5, 0.6) is 0 Å². The van der Waals surface area contributed by atoms with E-state index in [1.165, 1.54) is 43.8 Å². The third-order valence-corrected chi connectivity index (χ3v) is 5.37. The Bertz CT molecular complexity index is 363. The molecule has 1 aliphatic rings. The van der Waals surface area contributed by atoms with Gasteiger partial charge in [0.05, 0.1) is 0 Å². The Morgan fingerprint density at radius 2 is 1.95 bits per heavy atom. The van der Waals surface area contributed by atoms with E-state index in [-0.39, 0.29) is 0 Å². The molecule has 106 valence electrons. The Balaban J connectivity index is 1.63. The fourth-order valence-electron chi connectivity index (χ4n) is 2.32. The maximum Gasteiger partial charge on any atom is 0.0231 e. The van der Waals surface area contributed by atoms with E-state index >= 15 is 0 Å². The van der Waals surface area contributed by atoms with Gasteiger partial charge in [-0.15, -0.1) is 0 Å². The highest BCUT2D eigenvalue weighted by atomic mass is 79.9. The van der Waals surface area contributed by atoms with Crippen LogP contribution in [0.15, 0.2) is 28.7 Å². The predicted octanol–water partition coefficient (Wildman–Crippen LogP) is 3.37. The minimum Gasteiger partial charge on any atom is -0.317 e. The van der Waals surface area contributed by atoms with Gasteiger partial charge in [0.1, 0.15) is 0 Å². The quantitative estimate of drug-likeness (QED) is 0.853. The van der Waals surface area contributed by atoms with Crippen molar-refractivity contribution >= 4 is 27.7 Å². The molecule has 1 N–H and O–H groups in total. The van der Waals surface area contributed by atoms with Crippen molar-refractivity contribution in [2.75, 3.05) is 32.4 Å². The summed E-state index contributed by atoms with van der Waals surface area (Å²) >= 11 is 5.63. The Morgan fingerprint density at radius 1 is 1.26 bits per heavy atom. The topological polar surface area (TPSA) is 15.3 Å². The summed E-state index contributed by atoms with van der Waals surface area (Å²) in [5, 5.41) is 4.30. The van der Waals surface area contributed by atoms with Gasteiger partial charge in [-0.1, -0.05) is 28.1 Å². The summed E-state index contributed by atoms with van der Waals surface area (Å²) in [6.07, 6.45) is 2.67. The first-order valence-corrected chi connectivity index (χ1v) is 8.83. The smallest absolute Gasteiger partial charge is 0.0231 e. The number of nitrogens with zero attached hydrogens (tertiary/aromatic N) is 1. The molecule has 0 bridgehead atoms. The number of nitrogens with one attached hydrogen (secondary N) is 1. The molecule has 1 aliphatic heterocycles. The lowest BCUT2D eigenvalue weighted by Crippen LogP contribution is -2.30. The molecule has 1 aromatic rings. The van der Waals surface area contributed by atoms with E-state index in [0.717, 1.165) is 16.3 Å². The van der Waals surface area contributed by atoms with E-state index < -0.39 is 0 Å². The molecular weight excluding hydrogens is 320 g/mol. The second kappa shape index (κ2) is 8.30. The van der Waals surface area contributed by atoms with Crippen molar-refractivity contribution in [1.29, 1.82) is 0 Å². The molecule has 19 heavy (non-hydrogen) atoms. The second-order valence-electron chi connectivity index (χ2n) is 5.18. The first-order chi connectivity index (χ1) is 9.24. The molecule has 0 unspecified atom stereocenters. The Kier molecular flexibility index (Phi) is 6.71. The largest absolute Gasteiger partial charge is 0.317 e. The lowest BCUT2D eigenvalue weighted by atomic mass is 10.2. The van der Waals surface area contributed by atoms with Crippen molar-refractivity contribution in [3.8, 4) is 0 Å². The zero-order valence-electron chi connectivity index (χ0n) is 11.6. The van der Waals surface area contributed by atoms with Crippen LogP contribution < -0.4 is 5.32 Å². The molecule has 2 rings (SSSR count). The zero-order chi connectivity index (χ0) is 13.5. The lowest BCUT2D eigenvalue weighted by Gasteiger charge is -2.23. The molecule has 1 fully saturated rings. The van der Waals surface area contributed by atoms with Crippen LogP contribution >= 0.6 is 27.7 Å². The Labute approximate surface area is 129 Å². The molecule has 0 aliphatic carbocycles. The van der Waals surface area contributed by atoms with Crippen LogP contribution in [-0.4, -0.2) is 42.6 Å². The molecule has 0 saturated carbocycles. The van der Waals surface area contributed by atoms with Crippen molar-refractivity contribution in [3.05, 3.63) is 34.3 Å². The zero-order valence-corrected chi connectivity index (χ0v) is 14.0. The van der Waals surface area contributed by atoms with Crippen molar-refractivity contribution in [3.63, 3.8) is 0 Å². The van der Waals surface area contributed by atoms with Gasteiger partial charge >= 0.3 is 0 Å². The predicted molar refractivity (Wildman–Crippen MR) is 88.8 cm³/mol. The summed E-state index contributed by atoms with van der Waals surface area (Å²) in [6.45, 7) is 4.61. The van der Waals surface area contributed by atoms with Crippen LogP contribution in [0.4, 0.5) is 0 Å². The highest BCUT2D eigenvalue weighted by Gasteiger charge is 2.13. The minimum atomic E-state index is 0.877. The van der Waals surface area contributed by atoms with Gasteiger partial charge in [-0.3, -0.25) is 0 Å². The number of hydrogen-bond donors (Lipinski definition) is 1. The van der Waals surface area contributed by atoms with Gasteiger partial charge in [0.2, 0.25) is 0 Å². The third-order valence-electron chi connectivity index (χ3n) is 3.48. The van der Waals surface area contributed by atoms with Gasteiger partial charge in [-0.05, 0) is 50.7 Å². The van der Waals surface area contributed by atoms with Crippen LogP contribution in [0.2, 0.25) is 0 Å². The summed E-state index contributed by atoms with van der Waals surface area (Å²) in [6, 6.07) is 8.63. The van der Waals surface area contributed by atoms with Crippen LogP contribution in [0.3, 0.4) is 0 Å². The third kappa shape index (κ3) is 5.86. The maximum atomic E-state index is 3.48. The van der Waals surface area contributed by atoms with Gasteiger partial charge < -0.3 is 10.2 Å². The number of hydrogen-bond acceptors (Lipinski definition) is 3. The lowest BCUT2D eigenvalue weighted by molar-refractivity contribution is 0.348. The average molecular weight is 343 g/mol. The average Bonchev–Trinajstić information content (AvgIpc) is 2.43. The molecule has 0 spiro atoms. The van der Waals surface area contributed by atoms with Gasteiger partial charge in [0, 0.05) is 28.6 Å². The fourth-order valence-corrected chi connectivity index (χ4v) is 3.90. The highest BCUT2D eigenvalue weighted by molar-refractivity contribution is 9.10. The van der Waals surface area contributed by atoms with Gasteiger partial charge in [-0.25, -0.2) is 0 Å². The normalized spacial score (nSPS) is 17.0. The highest BCUT2D eigenvalue weighted by Crippen LogP contribution is 2.20. The van der Waals surface area contributed by atoms with E-state index in [1.54, 1.807) is 0 Å². The first-order valence-electron chi connectivity index (χ1n) is 6.99.